The van der Waals surface area contributed by atoms with Crippen molar-refractivity contribution in [3.63, 3.8) is 0 Å². The van der Waals surface area contributed by atoms with E-state index in [2.05, 4.69) is 5.32 Å². The monoisotopic (exact) mass is 318 g/mol. The van der Waals surface area contributed by atoms with Crippen molar-refractivity contribution in [2.75, 3.05) is 21.2 Å². The summed E-state index contributed by atoms with van der Waals surface area (Å²) in [5, 5.41) is 2.80. The van der Waals surface area contributed by atoms with Crippen molar-refractivity contribution in [1.29, 1.82) is 0 Å². The van der Waals surface area contributed by atoms with E-state index in [1.165, 1.54) is 0 Å². The first-order valence-corrected chi connectivity index (χ1v) is 7.66. The second-order valence-corrected chi connectivity index (χ2v) is 6.06. The summed E-state index contributed by atoms with van der Waals surface area (Å²) in [4.78, 5) is 26.3. The van der Waals surface area contributed by atoms with Crippen LogP contribution >= 0.6 is 0 Å². The zero-order chi connectivity index (χ0) is 17.4. The van der Waals surface area contributed by atoms with Gasteiger partial charge >= 0.3 is 0 Å². The minimum Gasteiger partial charge on any atom is -0.497 e. The summed E-state index contributed by atoms with van der Waals surface area (Å²) < 4.78 is 5.10. The maximum Gasteiger partial charge on any atom is 0.256 e. The van der Waals surface area contributed by atoms with Crippen LogP contribution in [0.5, 0.6) is 5.75 Å². The van der Waals surface area contributed by atoms with Gasteiger partial charge in [0.05, 0.1) is 12.7 Å². The van der Waals surface area contributed by atoms with Crippen LogP contribution in [0.4, 0.5) is 0 Å². The molecule has 0 bridgehead atoms. The van der Waals surface area contributed by atoms with Crippen molar-refractivity contribution >= 4 is 11.7 Å². The molecule has 5 nitrogen and oxygen atoms in total. The predicted molar refractivity (Wildman–Crippen MR) is 91.1 cm³/mol. The highest BCUT2D eigenvalue weighted by molar-refractivity contribution is 6.19. The van der Waals surface area contributed by atoms with Crippen LogP contribution in [0, 0.1) is 5.92 Å². The molecule has 0 saturated carbocycles. The number of methoxy groups -OCH3 is 1. The molecule has 0 radical (unpaired) electrons. The fourth-order valence-corrected chi connectivity index (χ4v) is 2.02. The topological polar surface area (TPSA) is 58.6 Å². The Bertz CT molecular complexity index is 560. The number of amides is 1. The van der Waals surface area contributed by atoms with Crippen LogP contribution in [0.15, 0.2) is 36.0 Å². The van der Waals surface area contributed by atoms with Crippen LogP contribution < -0.4 is 10.1 Å². The summed E-state index contributed by atoms with van der Waals surface area (Å²) in [6.07, 6.45) is 1.93. The fraction of sp³-hybridized carbons (Fsp3) is 0.444. The lowest BCUT2D eigenvalue weighted by atomic mass is 10.0. The van der Waals surface area contributed by atoms with Crippen molar-refractivity contribution in [3.8, 4) is 5.75 Å². The maximum atomic E-state index is 12.3. The van der Waals surface area contributed by atoms with Gasteiger partial charge in [0, 0.05) is 33.3 Å². The van der Waals surface area contributed by atoms with Gasteiger partial charge in [-0.3, -0.25) is 9.59 Å². The molecule has 1 amide bonds. The lowest BCUT2D eigenvalue weighted by Gasteiger charge is -2.13. The van der Waals surface area contributed by atoms with Crippen LogP contribution in [0.3, 0.4) is 0 Å². The Hall–Kier alpha value is -2.30. The summed E-state index contributed by atoms with van der Waals surface area (Å²) in [7, 11) is 5.19. The van der Waals surface area contributed by atoms with Gasteiger partial charge in [-0.1, -0.05) is 26.0 Å². The van der Waals surface area contributed by atoms with E-state index >= 15 is 0 Å². The lowest BCUT2D eigenvalue weighted by molar-refractivity contribution is -0.123. The molecule has 1 rings (SSSR count). The first-order valence-electron chi connectivity index (χ1n) is 7.66. The second kappa shape index (κ2) is 8.98. The van der Waals surface area contributed by atoms with Crippen molar-refractivity contribution in [2.24, 2.45) is 5.92 Å². The first-order chi connectivity index (χ1) is 10.8. The highest BCUT2D eigenvalue weighted by Gasteiger charge is 2.19. The maximum absolute atomic E-state index is 12.3. The third-order valence-corrected chi connectivity index (χ3v) is 3.14. The normalized spacial score (nSPS) is 11.3. The fourth-order valence-electron chi connectivity index (χ4n) is 2.02. The molecule has 0 aliphatic heterocycles. The molecule has 1 N–H and O–H groups in total. The number of nitrogens with zero attached hydrogens (tertiary/aromatic N) is 1. The number of benzene rings is 1. The molecule has 1 aromatic rings. The molecule has 0 heterocycles. The van der Waals surface area contributed by atoms with Gasteiger partial charge in [-0.25, -0.2) is 0 Å². The molecule has 5 heteroatoms. The average molecular weight is 318 g/mol. The molecule has 0 saturated heterocycles. The Morgan fingerprint density at radius 1 is 1.22 bits per heavy atom. The Balaban J connectivity index is 2.75. The molecule has 0 atom stereocenters. The van der Waals surface area contributed by atoms with E-state index in [1.807, 2.05) is 38.1 Å². The number of carbonyl (C=O) groups is 2. The second-order valence-electron chi connectivity index (χ2n) is 6.06. The van der Waals surface area contributed by atoms with Crippen molar-refractivity contribution in [2.45, 2.75) is 26.8 Å². The molecule has 23 heavy (non-hydrogen) atoms. The van der Waals surface area contributed by atoms with E-state index in [0.29, 0.717) is 13.0 Å². The van der Waals surface area contributed by atoms with Gasteiger partial charge in [-0.15, -0.1) is 0 Å². The molecule has 1 aromatic carbocycles. The molecule has 0 aliphatic carbocycles. The summed E-state index contributed by atoms with van der Waals surface area (Å²) >= 11 is 0. The van der Waals surface area contributed by atoms with Crippen LogP contribution in [0.2, 0.25) is 0 Å². The Labute approximate surface area is 138 Å². The Morgan fingerprint density at radius 2 is 1.83 bits per heavy atom. The van der Waals surface area contributed by atoms with Crippen LogP contribution in [0.1, 0.15) is 25.8 Å². The van der Waals surface area contributed by atoms with E-state index in [0.717, 1.165) is 11.3 Å². The summed E-state index contributed by atoms with van der Waals surface area (Å²) in [6.45, 7) is 4.28. The van der Waals surface area contributed by atoms with Gasteiger partial charge < -0.3 is 15.0 Å². The van der Waals surface area contributed by atoms with E-state index < -0.39 is 0 Å². The zero-order valence-electron chi connectivity index (χ0n) is 14.6. The largest absolute Gasteiger partial charge is 0.497 e. The van der Waals surface area contributed by atoms with Crippen molar-refractivity contribution in [1.82, 2.24) is 10.2 Å². The van der Waals surface area contributed by atoms with Gasteiger partial charge in [0.25, 0.3) is 5.91 Å². The van der Waals surface area contributed by atoms with Gasteiger partial charge in [0.2, 0.25) is 0 Å². The van der Waals surface area contributed by atoms with E-state index in [9.17, 15) is 9.59 Å². The zero-order valence-corrected chi connectivity index (χ0v) is 14.6. The number of ketones is 1. The molecule has 0 aromatic heterocycles. The molecule has 0 aliphatic rings. The quantitative estimate of drug-likeness (QED) is 0.454. The highest BCUT2D eigenvalue weighted by Crippen LogP contribution is 2.12. The van der Waals surface area contributed by atoms with Crippen LogP contribution in [-0.2, 0) is 16.1 Å². The van der Waals surface area contributed by atoms with Crippen molar-refractivity contribution < 1.29 is 14.3 Å². The van der Waals surface area contributed by atoms with Crippen molar-refractivity contribution in [3.05, 3.63) is 41.6 Å². The molecule has 126 valence electrons. The van der Waals surface area contributed by atoms with Gasteiger partial charge in [0.15, 0.2) is 5.78 Å². The number of Topliss-reactive ketones (excluding diaryl/α,β-unsaturated/α-hetero) is 1. The summed E-state index contributed by atoms with van der Waals surface area (Å²) in [5.74, 6) is 0.490. The minimum absolute atomic E-state index is 0.138. The number of rotatable bonds is 8. The predicted octanol–water partition coefficient (Wildman–Crippen LogP) is 2.37. The van der Waals surface area contributed by atoms with E-state index in [1.54, 1.807) is 32.3 Å². The number of hydrogen-bond donors (Lipinski definition) is 1. The highest BCUT2D eigenvalue weighted by atomic mass is 16.5. The number of carbonyl (C=O) groups excluding carboxylic acids is 2. The minimum atomic E-state index is -0.347. The van der Waals surface area contributed by atoms with Gasteiger partial charge in [-0.05, 0) is 23.6 Å². The standard InChI is InChI=1S/C18H26N2O3/c1-13(2)10-17(21)16(12-20(3)4)18(22)19-11-14-6-8-15(23-5)9-7-14/h6-9,12-13H,10-11H2,1-5H3,(H,19,22)/b16-12-. The van der Waals surface area contributed by atoms with E-state index in [-0.39, 0.29) is 23.2 Å². The average Bonchev–Trinajstić information content (AvgIpc) is 2.49. The third-order valence-electron chi connectivity index (χ3n) is 3.14. The van der Waals surface area contributed by atoms with Crippen LogP contribution in [-0.4, -0.2) is 37.8 Å². The van der Waals surface area contributed by atoms with Gasteiger partial charge in [-0.2, -0.15) is 0 Å². The Morgan fingerprint density at radius 3 is 2.30 bits per heavy atom. The molecular formula is C18H26N2O3. The lowest BCUT2D eigenvalue weighted by Crippen LogP contribution is -2.29. The molecule has 0 spiro atoms. The smallest absolute Gasteiger partial charge is 0.256 e. The SMILES string of the molecule is COc1ccc(CNC(=O)/C(=C\N(C)C)C(=O)CC(C)C)cc1. The number of hydrogen-bond acceptors (Lipinski definition) is 4. The van der Waals surface area contributed by atoms with Gasteiger partial charge in [0.1, 0.15) is 5.75 Å². The third kappa shape index (κ3) is 6.55. The number of nitrogens with one attached hydrogen (secondary N) is 1. The first kappa shape index (κ1) is 18.7. The van der Waals surface area contributed by atoms with Crippen LogP contribution in [0.25, 0.3) is 0 Å². The number of ether oxygens (including phenoxy) is 1. The Kier molecular flexibility index (Phi) is 7.32. The molecular weight excluding hydrogens is 292 g/mol. The van der Waals surface area contributed by atoms with E-state index in [4.69, 9.17) is 4.74 Å². The summed E-state index contributed by atoms with van der Waals surface area (Å²) in [5.41, 5.74) is 1.14. The summed E-state index contributed by atoms with van der Waals surface area (Å²) in [6, 6.07) is 7.43. The molecule has 0 fully saturated rings. The molecule has 0 unspecified atom stereocenters.